The van der Waals surface area contributed by atoms with Crippen LogP contribution in [0.2, 0.25) is 0 Å². The van der Waals surface area contributed by atoms with E-state index in [1.807, 2.05) is 19.1 Å². The van der Waals surface area contributed by atoms with Crippen LogP contribution in [0.5, 0.6) is 0 Å². The first-order valence-corrected chi connectivity index (χ1v) is 8.16. The molecule has 1 fully saturated rings. The summed E-state index contributed by atoms with van der Waals surface area (Å²) in [7, 11) is -3.44. The van der Waals surface area contributed by atoms with Crippen LogP contribution in [-0.2, 0) is 10.0 Å². The average Bonchev–Trinajstić information content (AvgIpc) is 2.83. The summed E-state index contributed by atoms with van der Waals surface area (Å²) in [4.78, 5) is 4.73. The lowest BCUT2D eigenvalue weighted by molar-refractivity contribution is 0.317. The van der Waals surface area contributed by atoms with E-state index >= 15 is 0 Å². The summed E-state index contributed by atoms with van der Waals surface area (Å²) in [6.45, 7) is 1.95. The van der Waals surface area contributed by atoms with Crippen molar-refractivity contribution in [2.24, 2.45) is 4.99 Å². The number of benzene rings is 1. The van der Waals surface area contributed by atoms with Crippen molar-refractivity contribution in [2.75, 3.05) is 0 Å². The second-order valence-electron chi connectivity index (χ2n) is 5.33. The summed E-state index contributed by atoms with van der Waals surface area (Å²) in [6, 6.07) is 7.20. The van der Waals surface area contributed by atoms with E-state index in [-0.39, 0.29) is 12.1 Å². The fraction of sp³-hybridized carbons (Fsp3) is 0.500. The molecule has 0 bridgehead atoms. The minimum absolute atomic E-state index is 0.0278. The molecule has 2 atom stereocenters. The van der Waals surface area contributed by atoms with Crippen molar-refractivity contribution in [3.63, 3.8) is 0 Å². The largest absolute Gasteiger partial charge is 0.269 e. The molecule has 4 nitrogen and oxygen atoms in total. The van der Waals surface area contributed by atoms with E-state index in [9.17, 15) is 8.42 Å². The van der Waals surface area contributed by atoms with Crippen molar-refractivity contribution in [2.45, 2.75) is 49.6 Å². The van der Waals surface area contributed by atoms with Crippen molar-refractivity contribution in [1.29, 1.82) is 0 Å². The number of nitrogens with zero attached hydrogens (tertiary/aromatic N) is 2. The van der Waals surface area contributed by atoms with Crippen molar-refractivity contribution >= 4 is 16.4 Å². The molecule has 19 heavy (non-hydrogen) atoms. The smallest absolute Gasteiger partial charge is 0.265 e. The summed E-state index contributed by atoms with van der Waals surface area (Å²) < 4.78 is 26.7. The van der Waals surface area contributed by atoms with Gasteiger partial charge in [0.1, 0.15) is 6.34 Å². The van der Waals surface area contributed by atoms with E-state index in [4.69, 9.17) is 0 Å². The molecule has 1 aromatic carbocycles. The Morgan fingerprint density at radius 2 is 1.84 bits per heavy atom. The number of hydrogen-bond acceptors (Lipinski definition) is 3. The summed E-state index contributed by atoms with van der Waals surface area (Å²) in [5.41, 5.74) is 1.06. The Bertz CT molecular complexity index is 592. The average molecular weight is 278 g/mol. The maximum atomic E-state index is 12.6. The van der Waals surface area contributed by atoms with Gasteiger partial charge in [-0.1, -0.05) is 30.5 Å². The second-order valence-corrected chi connectivity index (χ2v) is 7.17. The normalized spacial score (nSPS) is 26.5. The lowest BCUT2D eigenvalue weighted by atomic mass is 9.92. The maximum absolute atomic E-state index is 12.6. The number of rotatable bonds is 2. The first-order valence-electron chi connectivity index (χ1n) is 6.72. The third-order valence-corrected chi connectivity index (χ3v) is 5.78. The summed E-state index contributed by atoms with van der Waals surface area (Å²) >= 11 is 0. The van der Waals surface area contributed by atoms with Crippen LogP contribution >= 0.6 is 0 Å². The van der Waals surface area contributed by atoms with Gasteiger partial charge in [-0.15, -0.1) is 0 Å². The first-order chi connectivity index (χ1) is 9.09. The van der Waals surface area contributed by atoms with E-state index < -0.39 is 10.0 Å². The number of fused-ring (bicyclic) bond motifs is 1. The van der Waals surface area contributed by atoms with Crippen LogP contribution in [0.25, 0.3) is 0 Å². The van der Waals surface area contributed by atoms with Crippen molar-refractivity contribution in [1.82, 2.24) is 4.31 Å². The molecular weight excluding hydrogens is 260 g/mol. The van der Waals surface area contributed by atoms with E-state index in [1.165, 1.54) is 10.6 Å². The molecule has 1 aliphatic carbocycles. The Hall–Kier alpha value is -1.36. The molecule has 1 heterocycles. The molecule has 1 saturated carbocycles. The lowest BCUT2D eigenvalue weighted by Crippen LogP contribution is -2.42. The van der Waals surface area contributed by atoms with Gasteiger partial charge in [0.2, 0.25) is 0 Å². The predicted octanol–water partition coefficient (Wildman–Crippen LogP) is 2.34. The first kappa shape index (κ1) is 12.7. The van der Waals surface area contributed by atoms with Gasteiger partial charge in [0.05, 0.1) is 17.0 Å². The zero-order chi connectivity index (χ0) is 13.5. The van der Waals surface area contributed by atoms with Gasteiger partial charge >= 0.3 is 0 Å². The topological polar surface area (TPSA) is 49.7 Å². The molecule has 102 valence electrons. The molecule has 1 aromatic rings. The summed E-state index contributed by atoms with van der Waals surface area (Å²) in [5, 5.41) is 0. The second kappa shape index (κ2) is 4.63. The summed E-state index contributed by atoms with van der Waals surface area (Å²) in [6.07, 6.45) is 5.67. The van der Waals surface area contributed by atoms with Crippen LogP contribution in [0.4, 0.5) is 0 Å². The molecule has 2 unspecified atom stereocenters. The molecule has 0 saturated heterocycles. The fourth-order valence-corrected chi connectivity index (χ4v) is 4.38. The number of sulfonamides is 1. The van der Waals surface area contributed by atoms with Gasteiger partial charge in [-0.3, -0.25) is 9.30 Å². The Kier molecular flexibility index (Phi) is 3.09. The fourth-order valence-electron chi connectivity index (χ4n) is 2.87. The minimum atomic E-state index is -3.44. The quantitative estimate of drug-likeness (QED) is 0.833. The van der Waals surface area contributed by atoms with Crippen molar-refractivity contribution in [3.05, 3.63) is 29.8 Å². The van der Waals surface area contributed by atoms with Gasteiger partial charge in [-0.25, -0.2) is 8.42 Å². The van der Waals surface area contributed by atoms with Gasteiger partial charge in [-0.05, 0) is 31.9 Å². The molecular formula is C14H18N2O2S. The van der Waals surface area contributed by atoms with E-state index in [2.05, 4.69) is 4.99 Å². The van der Waals surface area contributed by atoms with Crippen LogP contribution in [0.15, 0.2) is 34.2 Å². The third kappa shape index (κ3) is 2.16. The molecule has 5 heteroatoms. The third-order valence-electron chi connectivity index (χ3n) is 3.99. The molecule has 0 aromatic heterocycles. The molecule has 0 radical (unpaired) electrons. The zero-order valence-corrected chi connectivity index (χ0v) is 11.8. The van der Waals surface area contributed by atoms with Gasteiger partial charge < -0.3 is 0 Å². The van der Waals surface area contributed by atoms with Gasteiger partial charge in [0, 0.05) is 0 Å². The van der Waals surface area contributed by atoms with Crippen LogP contribution in [0.1, 0.15) is 31.2 Å². The van der Waals surface area contributed by atoms with Crippen molar-refractivity contribution in [3.8, 4) is 0 Å². The predicted molar refractivity (Wildman–Crippen MR) is 74.7 cm³/mol. The number of aliphatic imine (C=N–C) groups is 1. The highest BCUT2D eigenvalue weighted by atomic mass is 32.2. The van der Waals surface area contributed by atoms with Crippen LogP contribution in [0, 0.1) is 6.92 Å². The minimum Gasteiger partial charge on any atom is -0.269 e. The maximum Gasteiger partial charge on any atom is 0.265 e. The Balaban J connectivity index is 1.92. The Morgan fingerprint density at radius 3 is 2.58 bits per heavy atom. The van der Waals surface area contributed by atoms with E-state index in [0.717, 1.165) is 31.2 Å². The highest BCUT2D eigenvalue weighted by Crippen LogP contribution is 2.32. The number of aryl methyl sites for hydroxylation is 1. The SMILES string of the molecule is Cc1ccc(S(=O)(=O)N2C=NC3CCCCC32)cc1. The monoisotopic (exact) mass is 278 g/mol. The van der Waals surface area contributed by atoms with Crippen molar-refractivity contribution < 1.29 is 8.42 Å². The Morgan fingerprint density at radius 1 is 1.16 bits per heavy atom. The highest BCUT2D eigenvalue weighted by Gasteiger charge is 2.39. The molecule has 2 aliphatic rings. The Labute approximate surface area is 114 Å². The van der Waals surface area contributed by atoms with E-state index in [0.29, 0.717) is 4.90 Å². The van der Waals surface area contributed by atoms with Crippen LogP contribution in [-0.4, -0.2) is 31.1 Å². The zero-order valence-electron chi connectivity index (χ0n) is 11.0. The highest BCUT2D eigenvalue weighted by molar-refractivity contribution is 7.89. The molecule has 3 rings (SSSR count). The molecule has 0 N–H and O–H groups in total. The van der Waals surface area contributed by atoms with Crippen LogP contribution in [0.3, 0.4) is 0 Å². The summed E-state index contributed by atoms with van der Waals surface area (Å²) in [5.74, 6) is 0. The molecule has 0 spiro atoms. The van der Waals surface area contributed by atoms with Gasteiger partial charge in [-0.2, -0.15) is 0 Å². The molecule has 1 aliphatic heterocycles. The van der Waals surface area contributed by atoms with Gasteiger partial charge in [0.15, 0.2) is 0 Å². The molecule has 0 amide bonds. The van der Waals surface area contributed by atoms with Crippen LogP contribution < -0.4 is 0 Å². The van der Waals surface area contributed by atoms with E-state index in [1.54, 1.807) is 12.1 Å². The number of hydrogen-bond donors (Lipinski definition) is 0. The standard InChI is InChI=1S/C14H18N2O2S/c1-11-6-8-12(9-7-11)19(17,18)16-10-15-13-4-2-3-5-14(13)16/h6-10,13-14H,2-5H2,1H3. The van der Waals surface area contributed by atoms with Gasteiger partial charge in [0.25, 0.3) is 10.0 Å². The lowest BCUT2D eigenvalue weighted by Gasteiger charge is -2.30.